The second-order valence-corrected chi connectivity index (χ2v) is 4.70. The number of nitrogens with two attached hydrogens (primary N) is 1. The number of hydrogen-bond acceptors (Lipinski definition) is 4. The Morgan fingerprint density at radius 2 is 2.24 bits per heavy atom. The van der Waals surface area contributed by atoms with E-state index < -0.39 is 0 Å². The molecule has 0 saturated heterocycles. The molecular weight excluding hydrogens is 212 g/mol. The van der Waals surface area contributed by atoms with E-state index in [0.29, 0.717) is 12.0 Å². The summed E-state index contributed by atoms with van der Waals surface area (Å²) in [5.74, 6) is 1.64. The predicted octanol–water partition coefficient (Wildman–Crippen LogP) is 1.82. The monoisotopic (exact) mass is 234 g/mol. The molecule has 2 rings (SSSR count). The van der Waals surface area contributed by atoms with Gasteiger partial charge in [-0.15, -0.1) is 0 Å². The zero-order valence-corrected chi connectivity index (χ0v) is 10.5. The van der Waals surface area contributed by atoms with Crippen molar-refractivity contribution in [3.63, 3.8) is 0 Å². The Balaban J connectivity index is 2.16. The molecule has 94 valence electrons. The van der Waals surface area contributed by atoms with Crippen LogP contribution < -0.4 is 10.6 Å². The summed E-state index contributed by atoms with van der Waals surface area (Å²) in [6.07, 6.45) is 8.55. The van der Waals surface area contributed by atoms with Crippen LogP contribution in [0.5, 0.6) is 0 Å². The van der Waals surface area contributed by atoms with E-state index in [0.717, 1.165) is 18.9 Å². The molecule has 1 aliphatic carbocycles. The Bertz CT molecular complexity index is 327. The van der Waals surface area contributed by atoms with Gasteiger partial charge in [0.15, 0.2) is 0 Å². The predicted molar refractivity (Wildman–Crippen MR) is 69.9 cm³/mol. The third-order valence-corrected chi connectivity index (χ3v) is 3.77. The number of aromatic nitrogens is 2. The van der Waals surface area contributed by atoms with Crippen LogP contribution in [0.4, 0.5) is 5.82 Å². The molecular formula is C13H22N4. The number of nitrogens with zero attached hydrogens (tertiary/aromatic N) is 3. The van der Waals surface area contributed by atoms with Crippen LogP contribution in [0.25, 0.3) is 0 Å². The molecule has 0 aromatic carbocycles. The van der Waals surface area contributed by atoms with E-state index in [4.69, 9.17) is 5.73 Å². The molecule has 1 aromatic rings. The maximum atomic E-state index is 5.90. The minimum absolute atomic E-state index is 0.550. The largest absolute Gasteiger partial charge is 0.353 e. The fourth-order valence-corrected chi connectivity index (χ4v) is 2.89. The van der Waals surface area contributed by atoms with Crippen molar-refractivity contribution in [1.29, 1.82) is 0 Å². The van der Waals surface area contributed by atoms with Gasteiger partial charge >= 0.3 is 0 Å². The molecule has 2 N–H and O–H groups in total. The van der Waals surface area contributed by atoms with Crippen LogP contribution in [-0.2, 0) is 0 Å². The highest BCUT2D eigenvalue weighted by Gasteiger charge is 2.29. The van der Waals surface area contributed by atoms with Gasteiger partial charge in [0.05, 0.1) is 0 Å². The third-order valence-electron chi connectivity index (χ3n) is 3.77. The van der Waals surface area contributed by atoms with Crippen molar-refractivity contribution in [2.24, 2.45) is 11.7 Å². The van der Waals surface area contributed by atoms with Gasteiger partial charge in [0, 0.05) is 18.8 Å². The lowest BCUT2D eigenvalue weighted by Crippen LogP contribution is -2.45. The van der Waals surface area contributed by atoms with Crippen molar-refractivity contribution < 1.29 is 0 Å². The Hall–Kier alpha value is -1.16. The van der Waals surface area contributed by atoms with Crippen LogP contribution in [0.3, 0.4) is 0 Å². The van der Waals surface area contributed by atoms with Crippen LogP contribution >= 0.6 is 0 Å². The Kier molecular flexibility index (Phi) is 4.31. The van der Waals surface area contributed by atoms with E-state index in [2.05, 4.69) is 21.8 Å². The van der Waals surface area contributed by atoms with E-state index in [1.54, 1.807) is 6.33 Å². The topological polar surface area (TPSA) is 55.0 Å². The molecule has 1 saturated carbocycles. The molecule has 0 radical (unpaired) electrons. The van der Waals surface area contributed by atoms with E-state index in [1.807, 2.05) is 12.3 Å². The average molecular weight is 234 g/mol. The Morgan fingerprint density at radius 3 is 2.88 bits per heavy atom. The van der Waals surface area contributed by atoms with Crippen molar-refractivity contribution in [3.05, 3.63) is 18.6 Å². The van der Waals surface area contributed by atoms with Gasteiger partial charge in [-0.05, 0) is 38.3 Å². The van der Waals surface area contributed by atoms with Crippen molar-refractivity contribution in [1.82, 2.24) is 9.97 Å². The van der Waals surface area contributed by atoms with Crippen molar-refractivity contribution in [3.8, 4) is 0 Å². The van der Waals surface area contributed by atoms with Crippen LogP contribution in [-0.4, -0.2) is 29.1 Å². The first-order chi connectivity index (χ1) is 8.36. The minimum Gasteiger partial charge on any atom is -0.353 e. The molecule has 2 atom stereocenters. The van der Waals surface area contributed by atoms with E-state index >= 15 is 0 Å². The fourth-order valence-electron chi connectivity index (χ4n) is 2.89. The highest BCUT2D eigenvalue weighted by molar-refractivity contribution is 5.38. The number of rotatable bonds is 4. The number of hydrogen-bond donors (Lipinski definition) is 1. The molecule has 4 nitrogen and oxygen atoms in total. The SMILES string of the molecule is CCN(c1ccncn1)C1CCCCC1CN. The molecule has 1 aliphatic rings. The zero-order chi connectivity index (χ0) is 12.1. The van der Waals surface area contributed by atoms with Gasteiger partial charge in [0.1, 0.15) is 12.1 Å². The maximum absolute atomic E-state index is 5.90. The van der Waals surface area contributed by atoms with Gasteiger partial charge in [-0.3, -0.25) is 0 Å². The average Bonchev–Trinajstić information content (AvgIpc) is 2.41. The second kappa shape index (κ2) is 5.96. The molecule has 0 aliphatic heterocycles. The molecule has 1 fully saturated rings. The second-order valence-electron chi connectivity index (χ2n) is 4.70. The summed E-state index contributed by atoms with van der Waals surface area (Å²) in [6.45, 7) is 3.95. The van der Waals surface area contributed by atoms with E-state index in [-0.39, 0.29) is 0 Å². The summed E-state index contributed by atoms with van der Waals surface area (Å²) < 4.78 is 0. The van der Waals surface area contributed by atoms with Crippen LogP contribution in [0.1, 0.15) is 32.6 Å². The first-order valence-corrected chi connectivity index (χ1v) is 6.59. The van der Waals surface area contributed by atoms with E-state index in [1.165, 1.54) is 25.7 Å². The van der Waals surface area contributed by atoms with Gasteiger partial charge in [0.25, 0.3) is 0 Å². The van der Waals surface area contributed by atoms with Crippen LogP contribution in [0, 0.1) is 5.92 Å². The first kappa shape index (κ1) is 12.3. The summed E-state index contributed by atoms with van der Waals surface area (Å²) >= 11 is 0. The van der Waals surface area contributed by atoms with Gasteiger partial charge in [0.2, 0.25) is 0 Å². The normalized spacial score (nSPS) is 24.6. The highest BCUT2D eigenvalue weighted by atomic mass is 15.2. The molecule has 4 heteroatoms. The summed E-state index contributed by atoms with van der Waals surface area (Å²) in [4.78, 5) is 10.7. The summed E-state index contributed by atoms with van der Waals surface area (Å²) in [5.41, 5.74) is 5.90. The molecule has 2 unspecified atom stereocenters. The summed E-state index contributed by atoms with van der Waals surface area (Å²) in [7, 11) is 0. The minimum atomic E-state index is 0.550. The quantitative estimate of drug-likeness (QED) is 0.863. The number of anilines is 1. The molecule has 1 aromatic heterocycles. The van der Waals surface area contributed by atoms with Crippen molar-refractivity contribution in [2.75, 3.05) is 18.0 Å². The van der Waals surface area contributed by atoms with Gasteiger partial charge < -0.3 is 10.6 Å². The standard InChI is InChI=1S/C13H22N4/c1-2-17(13-7-8-15-10-16-13)12-6-4-3-5-11(12)9-14/h7-8,10-12H,2-6,9,14H2,1H3. The van der Waals surface area contributed by atoms with Gasteiger partial charge in [-0.1, -0.05) is 12.8 Å². The smallest absolute Gasteiger partial charge is 0.132 e. The Labute approximate surface area is 103 Å². The van der Waals surface area contributed by atoms with Crippen molar-refractivity contribution >= 4 is 5.82 Å². The molecule has 0 spiro atoms. The highest BCUT2D eigenvalue weighted by Crippen LogP contribution is 2.29. The lowest BCUT2D eigenvalue weighted by molar-refractivity contribution is 0.299. The molecule has 1 heterocycles. The molecule has 0 bridgehead atoms. The fraction of sp³-hybridized carbons (Fsp3) is 0.692. The Morgan fingerprint density at radius 1 is 1.41 bits per heavy atom. The van der Waals surface area contributed by atoms with Crippen molar-refractivity contribution in [2.45, 2.75) is 38.6 Å². The zero-order valence-electron chi connectivity index (χ0n) is 10.5. The van der Waals surface area contributed by atoms with E-state index in [9.17, 15) is 0 Å². The summed E-state index contributed by atoms with van der Waals surface area (Å²) in [6, 6.07) is 2.54. The lowest BCUT2D eigenvalue weighted by Gasteiger charge is -2.39. The van der Waals surface area contributed by atoms with Crippen LogP contribution in [0.15, 0.2) is 18.6 Å². The van der Waals surface area contributed by atoms with Gasteiger partial charge in [-0.2, -0.15) is 0 Å². The van der Waals surface area contributed by atoms with Crippen LogP contribution in [0.2, 0.25) is 0 Å². The molecule has 17 heavy (non-hydrogen) atoms. The molecule has 0 amide bonds. The first-order valence-electron chi connectivity index (χ1n) is 6.59. The summed E-state index contributed by atoms with van der Waals surface area (Å²) in [5, 5.41) is 0. The van der Waals surface area contributed by atoms with Gasteiger partial charge in [-0.25, -0.2) is 9.97 Å². The third kappa shape index (κ3) is 2.75. The lowest BCUT2D eigenvalue weighted by atomic mass is 9.83. The maximum Gasteiger partial charge on any atom is 0.132 e.